The van der Waals surface area contributed by atoms with Gasteiger partial charge in [-0.2, -0.15) is 13.6 Å². The predicted octanol–water partition coefficient (Wildman–Crippen LogP) is 0.787. The summed E-state index contributed by atoms with van der Waals surface area (Å²) in [6.45, 7) is 0.770. The molecule has 1 aromatic heterocycles. The van der Waals surface area contributed by atoms with Crippen LogP contribution in [0.1, 0.15) is 10.4 Å². The van der Waals surface area contributed by atoms with E-state index < -0.39 is 22.1 Å². The lowest BCUT2D eigenvalue weighted by atomic mass is 10.2. The molecule has 9 heteroatoms. The van der Waals surface area contributed by atoms with Gasteiger partial charge in [0, 0.05) is 30.8 Å². The van der Waals surface area contributed by atoms with Crippen LogP contribution in [0.4, 0.5) is 4.39 Å². The zero-order valence-corrected chi connectivity index (χ0v) is 11.9. The highest BCUT2D eigenvalue weighted by Crippen LogP contribution is 2.23. The molecule has 0 spiro atoms. The average molecular weight is 316 g/mol. The molecule has 1 aromatic carbocycles. The zero-order valence-electron chi connectivity index (χ0n) is 11.1. The second-order valence-corrected chi connectivity index (χ2v) is 5.41. The number of halogens is 1. The number of rotatable bonds is 5. The van der Waals surface area contributed by atoms with Crippen molar-refractivity contribution < 1.29 is 26.5 Å². The summed E-state index contributed by atoms with van der Waals surface area (Å²) in [5.74, 6) is -1.72. The van der Waals surface area contributed by atoms with Crippen molar-refractivity contribution in [2.45, 2.75) is 6.54 Å². The Balaban J connectivity index is 2.52. The third-order valence-corrected chi connectivity index (χ3v) is 3.17. The molecule has 0 aliphatic carbocycles. The lowest BCUT2D eigenvalue weighted by Crippen LogP contribution is -2.20. The van der Waals surface area contributed by atoms with Gasteiger partial charge in [-0.3, -0.25) is 0 Å². The highest BCUT2D eigenvalue weighted by atomic mass is 32.2. The molecule has 0 unspecified atom stereocenters. The fourth-order valence-electron chi connectivity index (χ4n) is 1.96. The molecule has 2 aromatic rings. The quantitative estimate of drug-likeness (QED) is 0.879. The van der Waals surface area contributed by atoms with E-state index in [2.05, 4.69) is 9.32 Å². The van der Waals surface area contributed by atoms with Crippen molar-refractivity contribution in [2.24, 2.45) is 5.14 Å². The number of hydrogen-bond donors (Lipinski definition) is 1. The largest absolute Gasteiger partial charge is 0.383 e. The first kappa shape index (κ1) is 15.4. The monoisotopic (exact) mass is 316 g/mol. The Kier molecular flexibility index (Phi) is 4.26. The van der Waals surface area contributed by atoms with Gasteiger partial charge in [0.1, 0.15) is 5.82 Å². The summed E-state index contributed by atoms with van der Waals surface area (Å²) in [6.07, 6.45) is 1.37. The molecule has 0 radical (unpaired) electrons. The van der Waals surface area contributed by atoms with Crippen LogP contribution in [0, 0.1) is 5.82 Å². The number of carbonyl (C=O) groups excluding carboxylic acids is 1. The summed E-state index contributed by atoms with van der Waals surface area (Å²) in [4.78, 5) is 11.8. The second-order valence-electron chi connectivity index (χ2n) is 4.25. The van der Waals surface area contributed by atoms with E-state index in [0.717, 1.165) is 6.07 Å². The van der Waals surface area contributed by atoms with Gasteiger partial charge in [0.25, 0.3) is 0 Å². The van der Waals surface area contributed by atoms with Crippen LogP contribution in [-0.4, -0.2) is 32.7 Å². The summed E-state index contributed by atoms with van der Waals surface area (Å²) in [6, 6.07) is 3.84. The highest BCUT2D eigenvalue weighted by molar-refractivity contribution is 7.84. The van der Waals surface area contributed by atoms with Gasteiger partial charge in [-0.1, -0.05) is 0 Å². The lowest BCUT2D eigenvalue weighted by Gasteiger charge is -2.03. The minimum atomic E-state index is -4.44. The minimum Gasteiger partial charge on any atom is -0.383 e. The topological polar surface area (TPSA) is 101 Å². The molecule has 2 N–H and O–H groups in total. The molecule has 0 fully saturated rings. The SMILES string of the molecule is COCCn1cc(C(=O)OS(N)(=O)=O)c2cc(F)ccc21. The molecule has 0 bridgehead atoms. The van der Waals surface area contributed by atoms with Gasteiger partial charge in [-0.05, 0) is 18.2 Å². The van der Waals surface area contributed by atoms with E-state index in [4.69, 9.17) is 4.74 Å². The standard InChI is InChI=1S/C12H13FN2O5S/c1-19-5-4-15-7-10(12(16)20-21(14,17)18)9-6-8(13)2-3-11(9)15/h2-3,6-7H,4-5H2,1H3,(H2,14,17,18). The first-order valence-corrected chi connectivity index (χ1v) is 7.33. The highest BCUT2D eigenvalue weighted by Gasteiger charge is 2.20. The summed E-state index contributed by atoms with van der Waals surface area (Å²) in [7, 11) is -2.92. The van der Waals surface area contributed by atoms with Gasteiger partial charge in [0.15, 0.2) is 0 Å². The molecular formula is C12H13FN2O5S. The molecule has 0 saturated heterocycles. The summed E-state index contributed by atoms with van der Waals surface area (Å²) < 4.78 is 45.7. The maximum Gasteiger partial charge on any atom is 0.382 e. The Hall–Kier alpha value is -1.97. The number of methoxy groups -OCH3 is 1. The van der Waals surface area contributed by atoms with Crippen LogP contribution in [0.3, 0.4) is 0 Å². The van der Waals surface area contributed by atoms with E-state index in [1.165, 1.54) is 25.4 Å². The Morgan fingerprint density at radius 1 is 1.43 bits per heavy atom. The van der Waals surface area contributed by atoms with E-state index in [0.29, 0.717) is 18.7 Å². The fraction of sp³-hybridized carbons (Fsp3) is 0.250. The van der Waals surface area contributed by atoms with Crippen LogP contribution in [0.15, 0.2) is 24.4 Å². The Morgan fingerprint density at radius 3 is 2.76 bits per heavy atom. The Morgan fingerprint density at radius 2 is 2.14 bits per heavy atom. The van der Waals surface area contributed by atoms with Crippen molar-refractivity contribution in [3.63, 3.8) is 0 Å². The number of aromatic nitrogens is 1. The lowest BCUT2D eigenvalue weighted by molar-refractivity contribution is 0.0748. The number of hydrogen-bond acceptors (Lipinski definition) is 5. The summed E-state index contributed by atoms with van der Waals surface area (Å²) in [5.41, 5.74) is 0.462. The van der Waals surface area contributed by atoms with Crippen LogP contribution >= 0.6 is 0 Å². The molecule has 2 rings (SSSR count). The van der Waals surface area contributed by atoms with E-state index in [1.807, 2.05) is 0 Å². The maximum absolute atomic E-state index is 13.4. The van der Waals surface area contributed by atoms with Crippen LogP contribution in [0.5, 0.6) is 0 Å². The number of nitrogens with two attached hydrogens (primary N) is 1. The molecule has 0 aliphatic rings. The molecule has 0 amide bonds. The van der Waals surface area contributed by atoms with E-state index in [9.17, 15) is 17.6 Å². The van der Waals surface area contributed by atoms with Crippen LogP contribution in [-0.2, 0) is 25.8 Å². The normalized spacial score (nSPS) is 11.8. The Bertz CT molecular complexity index is 784. The third-order valence-electron chi connectivity index (χ3n) is 2.79. The Labute approximate surface area is 120 Å². The molecule has 21 heavy (non-hydrogen) atoms. The van der Waals surface area contributed by atoms with Crippen molar-refractivity contribution in [3.05, 3.63) is 35.8 Å². The molecular weight excluding hydrogens is 303 g/mol. The van der Waals surface area contributed by atoms with E-state index >= 15 is 0 Å². The average Bonchev–Trinajstić information content (AvgIpc) is 2.72. The van der Waals surface area contributed by atoms with Gasteiger partial charge in [-0.15, -0.1) is 0 Å². The fourth-order valence-corrected chi connectivity index (χ4v) is 2.26. The smallest absolute Gasteiger partial charge is 0.382 e. The van der Waals surface area contributed by atoms with Gasteiger partial charge in [-0.25, -0.2) is 9.18 Å². The third kappa shape index (κ3) is 3.57. The predicted molar refractivity (Wildman–Crippen MR) is 72.3 cm³/mol. The summed E-state index contributed by atoms with van der Waals surface area (Å²) in [5, 5.41) is 4.90. The molecule has 7 nitrogen and oxygen atoms in total. The van der Waals surface area contributed by atoms with Crippen LogP contribution in [0.25, 0.3) is 10.9 Å². The van der Waals surface area contributed by atoms with Gasteiger partial charge in [0.2, 0.25) is 0 Å². The number of carbonyl (C=O) groups is 1. The van der Waals surface area contributed by atoms with Crippen molar-refractivity contribution in [1.82, 2.24) is 4.57 Å². The first-order valence-electron chi connectivity index (χ1n) is 5.85. The van der Waals surface area contributed by atoms with Gasteiger partial charge >= 0.3 is 16.3 Å². The maximum atomic E-state index is 13.4. The van der Waals surface area contributed by atoms with Crippen molar-refractivity contribution in [1.29, 1.82) is 0 Å². The molecule has 0 saturated carbocycles. The first-order chi connectivity index (χ1) is 9.81. The summed E-state index contributed by atoms with van der Waals surface area (Å²) >= 11 is 0. The van der Waals surface area contributed by atoms with Crippen LogP contribution < -0.4 is 5.14 Å². The molecule has 114 valence electrons. The number of benzene rings is 1. The van der Waals surface area contributed by atoms with Gasteiger partial charge in [0.05, 0.1) is 12.2 Å². The molecule has 0 atom stereocenters. The van der Waals surface area contributed by atoms with Crippen molar-refractivity contribution in [3.8, 4) is 0 Å². The van der Waals surface area contributed by atoms with E-state index in [1.54, 1.807) is 4.57 Å². The molecule has 1 heterocycles. The van der Waals surface area contributed by atoms with E-state index in [-0.39, 0.29) is 10.9 Å². The van der Waals surface area contributed by atoms with Crippen molar-refractivity contribution in [2.75, 3.05) is 13.7 Å². The number of nitrogens with zero attached hydrogens (tertiary/aromatic N) is 1. The number of fused-ring (bicyclic) bond motifs is 1. The van der Waals surface area contributed by atoms with Crippen LogP contribution in [0.2, 0.25) is 0 Å². The molecule has 0 aliphatic heterocycles. The van der Waals surface area contributed by atoms with Gasteiger partial charge < -0.3 is 13.5 Å². The van der Waals surface area contributed by atoms with Crippen molar-refractivity contribution >= 4 is 27.2 Å². The number of ether oxygens (including phenoxy) is 1. The second kappa shape index (κ2) is 5.80. The zero-order chi connectivity index (χ0) is 15.6. The minimum absolute atomic E-state index is 0.0883.